The highest BCUT2D eigenvalue weighted by Gasteiger charge is 2.08. The summed E-state index contributed by atoms with van der Waals surface area (Å²) in [7, 11) is 0. The second kappa shape index (κ2) is 7.19. The Labute approximate surface area is 122 Å². The second-order valence-corrected chi connectivity index (χ2v) is 4.65. The van der Waals surface area contributed by atoms with E-state index in [0.29, 0.717) is 12.1 Å². The maximum atomic E-state index is 11.9. The molecule has 0 aliphatic heterocycles. The molecule has 0 fully saturated rings. The van der Waals surface area contributed by atoms with E-state index >= 15 is 0 Å². The Hall–Kier alpha value is -2.69. The standard InChI is InChI=1S/C16H16N2O3/c19-15(8-12-4-3-7-17-10-12)18-11-14-6-2-1-5-13(14)9-16(20)21/h1-7,10H,8-9,11H2,(H,18,19)(H,20,21). The summed E-state index contributed by atoms with van der Waals surface area (Å²) in [5.74, 6) is -1.00. The molecule has 0 radical (unpaired) electrons. The highest BCUT2D eigenvalue weighted by atomic mass is 16.4. The lowest BCUT2D eigenvalue weighted by Gasteiger charge is -2.09. The second-order valence-electron chi connectivity index (χ2n) is 4.65. The summed E-state index contributed by atoms with van der Waals surface area (Å²) in [4.78, 5) is 26.6. The zero-order valence-electron chi connectivity index (χ0n) is 11.5. The number of aromatic nitrogens is 1. The molecule has 2 N–H and O–H groups in total. The van der Waals surface area contributed by atoms with Crippen molar-refractivity contribution in [3.63, 3.8) is 0 Å². The van der Waals surface area contributed by atoms with Gasteiger partial charge >= 0.3 is 5.97 Å². The number of aliphatic carboxylic acids is 1. The Morgan fingerprint density at radius 1 is 1.05 bits per heavy atom. The van der Waals surface area contributed by atoms with Crippen LogP contribution in [0.15, 0.2) is 48.8 Å². The molecule has 108 valence electrons. The van der Waals surface area contributed by atoms with Crippen LogP contribution in [0.25, 0.3) is 0 Å². The van der Waals surface area contributed by atoms with Crippen LogP contribution < -0.4 is 5.32 Å². The van der Waals surface area contributed by atoms with E-state index in [-0.39, 0.29) is 18.7 Å². The van der Waals surface area contributed by atoms with Crippen molar-refractivity contribution >= 4 is 11.9 Å². The van der Waals surface area contributed by atoms with Crippen LogP contribution in [0, 0.1) is 0 Å². The Bertz CT molecular complexity index is 626. The van der Waals surface area contributed by atoms with Gasteiger partial charge in [0.2, 0.25) is 5.91 Å². The molecule has 0 bridgehead atoms. The minimum absolute atomic E-state index is 0.0470. The van der Waals surface area contributed by atoms with Crippen LogP contribution in [-0.2, 0) is 29.0 Å². The van der Waals surface area contributed by atoms with Gasteiger partial charge in [-0.15, -0.1) is 0 Å². The molecular formula is C16H16N2O3. The highest BCUT2D eigenvalue weighted by Crippen LogP contribution is 2.09. The number of hydrogen-bond acceptors (Lipinski definition) is 3. The number of nitrogens with one attached hydrogen (secondary N) is 1. The summed E-state index contributed by atoms with van der Waals surface area (Å²) in [5, 5.41) is 11.7. The third kappa shape index (κ3) is 4.72. The molecule has 0 saturated carbocycles. The summed E-state index contributed by atoms with van der Waals surface area (Å²) in [6, 6.07) is 10.8. The molecule has 0 unspecified atom stereocenters. The van der Waals surface area contributed by atoms with Crippen LogP contribution in [0.4, 0.5) is 0 Å². The van der Waals surface area contributed by atoms with Crippen LogP contribution >= 0.6 is 0 Å². The van der Waals surface area contributed by atoms with Gasteiger partial charge in [0.05, 0.1) is 12.8 Å². The molecule has 0 saturated heterocycles. The summed E-state index contributed by atoms with van der Waals surface area (Å²) < 4.78 is 0. The number of carbonyl (C=O) groups is 2. The van der Waals surface area contributed by atoms with Crippen molar-refractivity contribution in [2.45, 2.75) is 19.4 Å². The van der Waals surface area contributed by atoms with E-state index in [9.17, 15) is 9.59 Å². The van der Waals surface area contributed by atoms with Crippen LogP contribution in [0.1, 0.15) is 16.7 Å². The summed E-state index contributed by atoms with van der Waals surface area (Å²) in [5.41, 5.74) is 2.37. The van der Waals surface area contributed by atoms with Crippen molar-refractivity contribution in [1.29, 1.82) is 0 Å². The van der Waals surface area contributed by atoms with Crippen LogP contribution in [0.3, 0.4) is 0 Å². The van der Waals surface area contributed by atoms with Crippen LogP contribution in [0.5, 0.6) is 0 Å². The first-order chi connectivity index (χ1) is 10.1. The van der Waals surface area contributed by atoms with Gasteiger partial charge in [-0.05, 0) is 22.8 Å². The minimum Gasteiger partial charge on any atom is -0.481 e. The maximum absolute atomic E-state index is 11.9. The predicted molar refractivity (Wildman–Crippen MR) is 77.6 cm³/mol. The van der Waals surface area contributed by atoms with Gasteiger partial charge in [-0.3, -0.25) is 14.6 Å². The number of benzene rings is 1. The maximum Gasteiger partial charge on any atom is 0.307 e. The quantitative estimate of drug-likeness (QED) is 0.844. The molecule has 0 aliphatic rings. The Balaban J connectivity index is 1.93. The van der Waals surface area contributed by atoms with Gasteiger partial charge in [0.1, 0.15) is 0 Å². The van der Waals surface area contributed by atoms with Gasteiger partial charge in [-0.2, -0.15) is 0 Å². The molecule has 1 amide bonds. The Morgan fingerprint density at radius 2 is 1.81 bits per heavy atom. The van der Waals surface area contributed by atoms with Gasteiger partial charge in [0.25, 0.3) is 0 Å². The molecule has 2 rings (SSSR count). The van der Waals surface area contributed by atoms with E-state index in [1.54, 1.807) is 30.6 Å². The average molecular weight is 284 g/mol. The molecule has 0 atom stereocenters. The zero-order chi connectivity index (χ0) is 15.1. The van der Waals surface area contributed by atoms with E-state index in [1.165, 1.54) is 0 Å². The lowest BCUT2D eigenvalue weighted by molar-refractivity contribution is -0.136. The van der Waals surface area contributed by atoms with E-state index in [1.807, 2.05) is 18.2 Å². The first-order valence-corrected chi connectivity index (χ1v) is 6.59. The summed E-state index contributed by atoms with van der Waals surface area (Å²) >= 11 is 0. The first kappa shape index (κ1) is 14.7. The number of hydrogen-bond donors (Lipinski definition) is 2. The SMILES string of the molecule is O=C(O)Cc1ccccc1CNC(=O)Cc1cccnc1. The van der Waals surface area contributed by atoms with Gasteiger partial charge in [0, 0.05) is 18.9 Å². The number of carboxylic acid groups (broad SMARTS) is 1. The number of rotatable bonds is 6. The number of amides is 1. The fourth-order valence-electron chi connectivity index (χ4n) is 2.01. The molecule has 1 heterocycles. The van der Waals surface area contributed by atoms with Crippen molar-refractivity contribution in [3.05, 3.63) is 65.5 Å². The average Bonchev–Trinajstić information content (AvgIpc) is 2.47. The van der Waals surface area contributed by atoms with Gasteiger partial charge < -0.3 is 10.4 Å². The van der Waals surface area contributed by atoms with Gasteiger partial charge in [-0.25, -0.2) is 0 Å². The van der Waals surface area contributed by atoms with Crippen LogP contribution in [0.2, 0.25) is 0 Å². The molecule has 5 nitrogen and oxygen atoms in total. The van der Waals surface area contributed by atoms with Crippen molar-refractivity contribution in [1.82, 2.24) is 10.3 Å². The van der Waals surface area contributed by atoms with E-state index in [0.717, 1.165) is 11.1 Å². The number of carboxylic acids is 1. The molecule has 0 spiro atoms. The van der Waals surface area contributed by atoms with E-state index in [2.05, 4.69) is 10.3 Å². The molecule has 1 aromatic heterocycles. The largest absolute Gasteiger partial charge is 0.481 e. The summed E-state index contributed by atoms with van der Waals surface area (Å²) in [6.45, 7) is 0.322. The lowest BCUT2D eigenvalue weighted by atomic mass is 10.0. The van der Waals surface area contributed by atoms with Crippen molar-refractivity contribution in [2.75, 3.05) is 0 Å². The van der Waals surface area contributed by atoms with E-state index < -0.39 is 5.97 Å². The van der Waals surface area contributed by atoms with Crippen molar-refractivity contribution in [3.8, 4) is 0 Å². The number of carbonyl (C=O) groups excluding carboxylic acids is 1. The Kier molecular flexibility index (Phi) is 5.04. The third-order valence-electron chi connectivity index (χ3n) is 3.02. The lowest BCUT2D eigenvalue weighted by Crippen LogP contribution is -2.25. The predicted octanol–water partition coefficient (Wildman–Crippen LogP) is 1.57. The fourth-order valence-corrected chi connectivity index (χ4v) is 2.01. The van der Waals surface area contributed by atoms with Crippen molar-refractivity contribution < 1.29 is 14.7 Å². The minimum atomic E-state index is -0.885. The molecule has 5 heteroatoms. The fraction of sp³-hybridized carbons (Fsp3) is 0.188. The third-order valence-corrected chi connectivity index (χ3v) is 3.02. The van der Waals surface area contributed by atoms with E-state index in [4.69, 9.17) is 5.11 Å². The molecule has 0 aliphatic carbocycles. The number of pyridine rings is 1. The first-order valence-electron chi connectivity index (χ1n) is 6.59. The number of nitrogens with zero attached hydrogens (tertiary/aromatic N) is 1. The zero-order valence-corrected chi connectivity index (χ0v) is 11.5. The monoisotopic (exact) mass is 284 g/mol. The van der Waals surface area contributed by atoms with Gasteiger partial charge in [-0.1, -0.05) is 30.3 Å². The molecular weight excluding hydrogens is 268 g/mol. The van der Waals surface area contributed by atoms with Crippen LogP contribution in [-0.4, -0.2) is 22.0 Å². The molecule has 1 aromatic carbocycles. The molecule has 21 heavy (non-hydrogen) atoms. The smallest absolute Gasteiger partial charge is 0.307 e. The topological polar surface area (TPSA) is 79.3 Å². The molecule has 2 aromatic rings. The highest BCUT2D eigenvalue weighted by molar-refractivity contribution is 5.78. The normalized spacial score (nSPS) is 10.1. The summed E-state index contributed by atoms with van der Waals surface area (Å²) in [6.07, 6.45) is 3.52. The Morgan fingerprint density at radius 3 is 2.48 bits per heavy atom. The van der Waals surface area contributed by atoms with Gasteiger partial charge in [0.15, 0.2) is 0 Å². The van der Waals surface area contributed by atoms with Crippen molar-refractivity contribution in [2.24, 2.45) is 0 Å².